The average Bonchev–Trinajstić information content (AvgIpc) is 3.06. The number of amides is 1. The summed E-state index contributed by atoms with van der Waals surface area (Å²) in [5.41, 5.74) is 6.92. The van der Waals surface area contributed by atoms with Crippen molar-refractivity contribution in [2.75, 3.05) is 6.54 Å². The van der Waals surface area contributed by atoms with Gasteiger partial charge in [-0.3, -0.25) is 4.79 Å². The molecule has 106 valence electrons. The molecule has 1 aromatic heterocycles. The van der Waals surface area contributed by atoms with Gasteiger partial charge >= 0.3 is 6.18 Å². The van der Waals surface area contributed by atoms with E-state index in [2.05, 4.69) is 0 Å². The number of carbonyl (C=O) groups excluding carboxylic acids is 1. The van der Waals surface area contributed by atoms with Crippen molar-refractivity contribution in [3.8, 4) is 0 Å². The van der Waals surface area contributed by atoms with Crippen molar-refractivity contribution >= 4 is 5.91 Å². The van der Waals surface area contributed by atoms with Crippen molar-refractivity contribution in [2.45, 2.75) is 31.6 Å². The van der Waals surface area contributed by atoms with Crippen molar-refractivity contribution in [1.82, 2.24) is 9.88 Å². The SMILES string of the molecule is NC(c1ccn(CC(=O)NCC(F)(F)F)c1)C1CC1. The molecule has 3 N–H and O–H groups in total. The number of rotatable bonds is 5. The van der Waals surface area contributed by atoms with Crippen LogP contribution in [0.25, 0.3) is 0 Å². The molecule has 7 heteroatoms. The first-order valence-corrected chi connectivity index (χ1v) is 6.10. The third-order valence-electron chi connectivity index (χ3n) is 3.10. The summed E-state index contributed by atoms with van der Waals surface area (Å²) in [5.74, 6) is -0.172. The van der Waals surface area contributed by atoms with Crippen LogP contribution in [-0.4, -0.2) is 23.2 Å². The fourth-order valence-electron chi connectivity index (χ4n) is 1.90. The second-order valence-corrected chi connectivity index (χ2v) is 4.87. The Labute approximate surface area is 108 Å². The molecule has 1 aliphatic rings. The second kappa shape index (κ2) is 5.24. The van der Waals surface area contributed by atoms with Crippen LogP contribution in [-0.2, 0) is 11.3 Å². The molecule has 4 nitrogen and oxygen atoms in total. The molecule has 1 amide bonds. The summed E-state index contributed by atoms with van der Waals surface area (Å²) in [6, 6.07) is 1.76. The van der Waals surface area contributed by atoms with Crippen LogP contribution in [0.2, 0.25) is 0 Å². The van der Waals surface area contributed by atoms with Gasteiger partial charge in [0.1, 0.15) is 13.1 Å². The normalized spacial score (nSPS) is 17.3. The molecule has 0 aliphatic heterocycles. The van der Waals surface area contributed by atoms with Gasteiger partial charge in [-0.1, -0.05) is 0 Å². The largest absolute Gasteiger partial charge is 0.405 e. The minimum atomic E-state index is -4.38. The molecule has 0 saturated heterocycles. The Hall–Kier alpha value is -1.50. The third-order valence-corrected chi connectivity index (χ3v) is 3.10. The predicted molar refractivity (Wildman–Crippen MR) is 63.1 cm³/mol. The number of carbonyl (C=O) groups is 1. The third kappa shape index (κ3) is 4.27. The highest BCUT2D eigenvalue weighted by atomic mass is 19.4. The minimum Gasteiger partial charge on any atom is -0.345 e. The molecular formula is C12H16F3N3O. The van der Waals surface area contributed by atoms with Crippen LogP contribution in [0.15, 0.2) is 18.5 Å². The number of nitrogens with two attached hydrogens (primary N) is 1. The van der Waals surface area contributed by atoms with E-state index >= 15 is 0 Å². The Morgan fingerprint density at radius 1 is 1.53 bits per heavy atom. The zero-order valence-corrected chi connectivity index (χ0v) is 10.3. The van der Waals surface area contributed by atoms with Crippen molar-refractivity contribution in [3.05, 3.63) is 24.0 Å². The topological polar surface area (TPSA) is 60.0 Å². The summed E-state index contributed by atoms with van der Waals surface area (Å²) in [6.45, 7) is -1.44. The first kappa shape index (κ1) is 13.9. The Bertz CT molecular complexity index is 451. The first-order chi connectivity index (χ1) is 8.85. The van der Waals surface area contributed by atoms with Crippen LogP contribution in [0, 0.1) is 5.92 Å². The van der Waals surface area contributed by atoms with E-state index in [1.54, 1.807) is 23.0 Å². The highest BCUT2D eigenvalue weighted by Gasteiger charge is 2.30. The molecule has 0 radical (unpaired) electrons. The van der Waals surface area contributed by atoms with Crippen LogP contribution < -0.4 is 11.1 Å². The van der Waals surface area contributed by atoms with Gasteiger partial charge in [-0.05, 0) is 30.4 Å². The average molecular weight is 275 g/mol. The molecule has 2 rings (SSSR count). The molecule has 19 heavy (non-hydrogen) atoms. The van der Waals surface area contributed by atoms with E-state index in [0.29, 0.717) is 5.92 Å². The fourth-order valence-corrected chi connectivity index (χ4v) is 1.90. The smallest absolute Gasteiger partial charge is 0.345 e. The molecule has 1 aliphatic carbocycles. The summed E-state index contributed by atoms with van der Waals surface area (Å²) in [4.78, 5) is 11.3. The van der Waals surface area contributed by atoms with Gasteiger partial charge in [0, 0.05) is 18.4 Å². The van der Waals surface area contributed by atoms with Crippen molar-refractivity contribution in [3.63, 3.8) is 0 Å². The van der Waals surface area contributed by atoms with Crippen LogP contribution in [0.1, 0.15) is 24.4 Å². The quantitative estimate of drug-likeness (QED) is 0.857. The van der Waals surface area contributed by atoms with E-state index in [1.807, 2.05) is 5.32 Å². The van der Waals surface area contributed by atoms with Gasteiger partial charge in [-0.25, -0.2) is 0 Å². The van der Waals surface area contributed by atoms with E-state index in [1.165, 1.54) is 0 Å². The minimum absolute atomic E-state index is 0.0421. The number of halogens is 3. The standard InChI is InChI=1S/C12H16F3N3O/c13-12(14,15)7-17-10(19)6-18-4-3-9(5-18)11(16)8-1-2-8/h3-5,8,11H,1-2,6-7,16H2,(H,17,19). The summed E-state index contributed by atoms with van der Waals surface area (Å²) in [7, 11) is 0. The number of hydrogen-bond donors (Lipinski definition) is 2. The van der Waals surface area contributed by atoms with Gasteiger partial charge in [0.25, 0.3) is 0 Å². The number of hydrogen-bond acceptors (Lipinski definition) is 2. The summed E-state index contributed by atoms with van der Waals surface area (Å²) < 4.78 is 37.3. The molecule has 1 heterocycles. The molecule has 1 saturated carbocycles. The lowest BCUT2D eigenvalue weighted by Gasteiger charge is -2.09. The highest BCUT2D eigenvalue weighted by molar-refractivity contribution is 5.75. The van der Waals surface area contributed by atoms with Gasteiger partial charge in [0.05, 0.1) is 0 Å². The maximum Gasteiger partial charge on any atom is 0.405 e. The lowest BCUT2D eigenvalue weighted by molar-refractivity contribution is -0.138. The molecule has 0 bridgehead atoms. The maximum atomic E-state index is 11.9. The molecular weight excluding hydrogens is 259 g/mol. The number of nitrogens with zero attached hydrogens (tertiary/aromatic N) is 1. The zero-order chi connectivity index (χ0) is 14.0. The monoisotopic (exact) mass is 275 g/mol. The van der Waals surface area contributed by atoms with Crippen LogP contribution in [0.4, 0.5) is 13.2 Å². The highest BCUT2D eigenvalue weighted by Crippen LogP contribution is 2.39. The van der Waals surface area contributed by atoms with E-state index in [0.717, 1.165) is 18.4 Å². The van der Waals surface area contributed by atoms with Gasteiger partial charge in [-0.2, -0.15) is 13.2 Å². The maximum absolute atomic E-state index is 11.9. The Morgan fingerprint density at radius 3 is 2.79 bits per heavy atom. The van der Waals surface area contributed by atoms with E-state index in [-0.39, 0.29) is 12.6 Å². The second-order valence-electron chi connectivity index (χ2n) is 4.87. The van der Waals surface area contributed by atoms with E-state index in [4.69, 9.17) is 5.73 Å². The molecule has 0 spiro atoms. The van der Waals surface area contributed by atoms with Gasteiger partial charge in [0.2, 0.25) is 5.91 Å². The first-order valence-electron chi connectivity index (χ1n) is 6.10. The predicted octanol–water partition coefficient (Wildman–Crippen LogP) is 1.58. The van der Waals surface area contributed by atoms with Gasteiger partial charge in [-0.15, -0.1) is 0 Å². The Kier molecular flexibility index (Phi) is 3.84. The van der Waals surface area contributed by atoms with Crippen molar-refractivity contribution < 1.29 is 18.0 Å². The number of aromatic nitrogens is 1. The molecule has 1 atom stereocenters. The Balaban J connectivity index is 1.83. The summed E-state index contributed by atoms with van der Waals surface area (Å²) >= 11 is 0. The lowest BCUT2D eigenvalue weighted by Crippen LogP contribution is -2.35. The Morgan fingerprint density at radius 2 is 2.21 bits per heavy atom. The van der Waals surface area contributed by atoms with E-state index < -0.39 is 18.6 Å². The van der Waals surface area contributed by atoms with Gasteiger partial charge < -0.3 is 15.6 Å². The summed E-state index contributed by atoms with van der Waals surface area (Å²) in [6.07, 6.45) is 1.21. The molecule has 1 fully saturated rings. The van der Waals surface area contributed by atoms with Crippen LogP contribution >= 0.6 is 0 Å². The van der Waals surface area contributed by atoms with Crippen molar-refractivity contribution in [1.29, 1.82) is 0 Å². The van der Waals surface area contributed by atoms with Crippen LogP contribution in [0.5, 0.6) is 0 Å². The van der Waals surface area contributed by atoms with E-state index in [9.17, 15) is 18.0 Å². The van der Waals surface area contributed by atoms with Crippen molar-refractivity contribution in [2.24, 2.45) is 11.7 Å². The number of nitrogens with one attached hydrogen (secondary N) is 1. The van der Waals surface area contributed by atoms with Gasteiger partial charge in [0.15, 0.2) is 0 Å². The molecule has 0 aromatic carbocycles. The molecule has 1 aromatic rings. The summed E-state index contributed by atoms with van der Waals surface area (Å²) in [5, 5.41) is 1.83. The lowest BCUT2D eigenvalue weighted by atomic mass is 10.1. The number of alkyl halides is 3. The zero-order valence-electron chi connectivity index (χ0n) is 10.3. The van der Waals surface area contributed by atoms with Crippen LogP contribution in [0.3, 0.4) is 0 Å². The molecule has 1 unspecified atom stereocenters. The fraction of sp³-hybridized carbons (Fsp3) is 0.583.